The Kier molecular flexibility index (Phi) is 4.92. The molecule has 9 nitrogen and oxygen atoms in total. The molecule has 1 amide bonds. The minimum atomic E-state index is -1.09. The lowest BCUT2D eigenvalue weighted by Gasteiger charge is -2.42. The molecule has 1 aromatic carbocycles. The number of carbonyl (C=O) groups is 2. The van der Waals surface area contributed by atoms with E-state index in [1.165, 1.54) is 12.1 Å². The van der Waals surface area contributed by atoms with E-state index in [4.69, 9.17) is 0 Å². The Morgan fingerprint density at radius 1 is 1.10 bits per heavy atom. The number of amides is 1. The van der Waals surface area contributed by atoms with Crippen molar-refractivity contribution in [3.05, 3.63) is 34.4 Å². The molecule has 1 saturated heterocycles. The van der Waals surface area contributed by atoms with Crippen LogP contribution in [0, 0.1) is 26.4 Å². The Hall–Kier alpha value is -2.81. The number of Topliss-reactive ketones (excluding diaryl/α,β-unsaturated/α-hetero) is 1. The second kappa shape index (κ2) is 7.12. The lowest BCUT2D eigenvalue weighted by molar-refractivity contribution is -0.384. The van der Waals surface area contributed by atoms with Crippen LogP contribution in [-0.2, 0) is 9.59 Å². The normalized spacial score (nSPS) is 31.3. The van der Waals surface area contributed by atoms with Gasteiger partial charge in [-0.2, -0.15) is 5.10 Å². The molecule has 4 rings (SSSR count). The summed E-state index contributed by atoms with van der Waals surface area (Å²) in [7, 11) is 2.03. The van der Waals surface area contributed by atoms with Crippen molar-refractivity contribution in [2.24, 2.45) is 21.3 Å². The van der Waals surface area contributed by atoms with Crippen molar-refractivity contribution in [2.45, 2.75) is 33.6 Å². The van der Waals surface area contributed by atoms with E-state index >= 15 is 0 Å². The summed E-state index contributed by atoms with van der Waals surface area (Å²) >= 11 is 0. The summed E-state index contributed by atoms with van der Waals surface area (Å²) in [5.74, 6) is -0.260. The van der Waals surface area contributed by atoms with Gasteiger partial charge in [-0.3, -0.25) is 25.1 Å². The van der Waals surface area contributed by atoms with E-state index in [0.29, 0.717) is 37.3 Å². The van der Waals surface area contributed by atoms with Gasteiger partial charge in [0.15, 0.2) is 5.78 Å². The molecule has 2 unspecified atom stereocenters. The Bertz CT molecular complexity index is 965. The van der Waals surface area contributed by atoms with E-state index in [1.807, 2.05) is 32.7 Å². The number of carbonyl (C=O) groups excluding carboxylic acids is 2. The quantitative estimate of drug-likeness (QED) is 0.449. The van der Waals surface area contributed by atoms with Crippen LogP contribution >= 0.6 is 0 Å². The maximum atomic E-state index is 13.7. The molecule has 2 atom stereocenters. The molecule has 0 aromatic heterocycles. The van der Waals surface area contributed by atoms with Gasteiger partial charge in [-0.1, -0.05) is 20.8 Å². The Morgan fingerprint density at radius 2 is 1.71 bits per heavy atom. The van der Waals surface area contributed by atoms with E-state index < -0.39 is 21.2 Å². The highest BCUT2D eigenvalue weighted by molar-refractivity contribution is 6.50. The zero-order valence-corrected chi connectivity index (χ0v) is 18.5. The number of nitrogens with one attached hydrogen (secondary N) is 1. The zero-order chi connectivity index (χ0) is 22.6. The van der Waals surface area contributed by atoms with Gasteiger partial charge in [-0.05, 0) is 37.4 Å². The summed E-state index contributed by atoms with van der Waals surface area (Å²) in [4.78, 5) is 41.8. The number of hydrogen-bond donors (Lipinski definition) is 1. The molecule has 1 N–H and O–H groups in total. The third kappa shape index (κ3) is 2.90. The first kappa shape index (κ1) is 21.4. The molecule has 3 aliphatic rings. The Balaban J connectivity index is 1.64. The average Bonchev–Trinajstić information content (AvgIpc) is 3.02. The first-order valence-corrected chi connectivity index (χ1v) is 10.7. The van der Waals surface area contributed by atoms with Crippen molar-refractivity contribution in [1.82, 2.24) is 9.80 Å². The van der Waals surface area contributed by atoms with Crippen LogP contribution in [0.4, 0.5) is 11.4 Å². The van der Waals surface area contributed by atoms with E-state index in [1.54, 1.807) is 12.1 Å². The number of ketones is 1. The van der Waals surface area contributed by atoms with Crippen LogP contribution in [0.5, 0.6) is 0 Å². The van der Waals surface area contributed by atoms with E-state index in [-0.39, 0.29) is 17.4 Å². The van der Waals surface area contributed by atoms with Crippen molar-refractivity contribution < 1.29 is 14.5 Å². The molecule has 31 heavy (non-hydrogen) atoms. The number of nitro benzene ring substituents is 1. The van der Waals surface area contributed by atoms with Crippen molar-refractivity contribution in [1.29, 1.82) is 0 Å². The SMILES string of the molecule is CN1CCN(C(=O)C23CCC(C)(/C(=N/Nc4ccc([N+](=O)[O-])cc4)C2=O)C3(C)C)CC1. The van der Waals surface area contributed by atoms with Crippen LogP contribution in [0.1, 0.15) is 33.6 Å². The van der Waals surface area contributed by atoms with Gasteiger partial charge in [-0.25, -0.2) is 0 Å². The van der Waals surface area contributed by atoms with Crippen molar-refractivity contribution in [3.63, 3.8) is 0 Å². The standard InChI is InChI=1S/C22H29N5O4/c1-20(2)21(3)9-10-22(20,19(29)26-13-11-25(4)12-14-26)18(28)17(21)24-23-15-5-7-16(8-6-15)27(30)31/h5-8,23H,9-14H2,1-4H3/b24-17+. The molecule has 2 saturated carbocycles. The molecule has 1 heterocycles. The van der Waals surface area contributed by atoms with Crippen LogP contribution in [0.2, 0.25) is 0 Å². The van der Waals surface area contributed by atoms with Gasteiger partial charge in [0.05, 0.1) is 10.6 Å². The predicted molar refractivity (Wildman–Crippen MR) is 117 cm³/mol. The van der Waals surface area contributed by atoms with Crippen molar-refractivity contribution in [2.75, 3.05) is 38.7 Å². The number of nitrogens with zero attached hydrogens (tertiary/aromatic N) is 4. The maximum Gasteiger partial charge on any atom is 0.269 e. The molecule has 0 spiro atoms. The van der Waals surface area contributed by atoms with Gasteiger partial charge in [0.1, 0.15) is 11.1 Å². The summed E-state index contributed by atoms with van der Waals surface area (Å²) in [6.07, 6.45) is 1.25. The number of hydrogen-bond acceptors (Lipinski definition) is 7. The minimum absolute atomic E-state index is 0.0148. The fourth-order valence-electron chi connectivity index (χ4n) is 5.50. The van der Waals surface area contributed by atoms with Gasteiger partial charge in [0, 0.05) is 43.7 Å². The smallest absolute Gasteiger partial charge is 0.269 e. The number of likely N-dealkylation sites (N-methyl/N-ethyl adjacent to an activating group) is 1. The topological polar surface area (TPSA) is 108 Å². The highest BCUT2D eigenvalue weighted by atomic mass is 16.6. The van der Waals surface area contributed by atoms with Crippen LogP contribution in [-0.4, -0.2) is 65.4 Å². The molecule has 3 fully saturated rings. The number of piperazine rings is 1. The van der Waals surface area contributed by atoms with Crippen LogP contribution in [0.3, 0.4) is 0 Å². The molecule has 2 aliphatic carbocycles. The number of anilines is 1. The largest absolute Gasteiger partial charge is 0.339 e. The molecule has 1 aliphatic heterocycles. The van der Waals surface area contributed by atoms with Crippen molar-refractivity contribution in [3.8, 4) is 0 Å². The Labute approximate surface area is 181 Å². The first-order chi connectivity index (χ1) is 14.5. The summed E-state index contributed by atoms with van der Waals surface area (Å²) < 4.78 is 0. The number of rotatable bonds is 4. The predicted octanol–water partition coefficient (Wildman–Crippen LogP) is 2.53. The number of hydrazone groups is 1. The number of nitro groups is 1. The second-order valence-electron chi connectivity index (χ2n) is 9.66. The minimum Gasteiger partial charge on any atom is -0.339 e. The second-order valence-corrected chi connectivity index (χ2v) is 9.66. The monoisotopic (exact) mass is 427 g/mol. The third-order valence-corrected chi connectivity index (χ3v) is 8.10. The lowest BCUT2D eigenvalue weighted by atomic mass is 9.64. The maximum absolute atomic E-state index is 13.7. The van der Waals surface area contributed by atoms with Crippen LogP contribution < -0.4 is 5.43 Å². The highest BCUT2D eigenvalue weighted by Gasteiger charge is 2.77. The first-order valence-electron chi connectivity index (χ1n) is 10.7. The average molecular weight is 428 g/mol. The van der Waals surface area contributed by atoms with E-state index in [0.717, 1.165) is 13.1 Å². The van der Waals surface area contributed by atoms with Crippen LogP contribution in [0.25, 0.3) is 0 Å². The molecule has 1 aromatic rings. The summed E-state index contributed by atoms with van der Waals surface area (Å²) in [6.45, 7) is 8.91. The molecule has 9 heteroatoms. The number of benzene rings is 1. The molecular formula is C22H29N5O4. The number of non-ortho nitro benzene ring substituents is 1. The molecular weight excluding hydrogens is 398 g/mol. The van der Waals surface area contributed by atoms with Gasteiger partial charge in [0.2, 0.25) is 5.91 Å². The van der Waals surface area contributed by atoms with Crippen molar-refractivity contribution >= 4 is 28.8 Å². The zero-order valence-electron chi connectivity index (χ0n) is 18.5. The summed E-state index contributed by atoms with van der Waals surface area (Å²) in [5, 5.41) is 15.3. The molecule has 166 valence electrons. The summed E-state index contributed by atoms with van der Waals surface area (Å²) in [6, 6.07) is 5.88. The fraction of sp³-hybridized carbons (Fsp3) is 0.591. The van der Waals surface area contributed by atoms with E-state index in [2.05, 4.69) is 15.4 Å². The Morgan fingerprint density at radius 3 is 2.29 bits per heavy atom. The van der Waals surface area contributed by atoms with Gasteiger partial charge in [0.25, 0.3) is 5.69 Å². The van der Waals surface area contributed by atoms with Crippen LogP contribution in [0.15, 0.2) is 29.4 Å². The third-order valence-electron chi connectivity index (χ3n) is 8.10. The van der Waals surface area contributed by atoms with Gasteiger partial charge < -0.3 is 9.80 Å². The highest BCUT2D eigenvalue weighted by Crippen LogP contribution is 2.69. The molecule has 2 bridgehead atoms. The molecule has 0 radical (unpaired) electrons. The fourth-order valence-corrected chi connectivity index (χ4v) is 5.50. The lowest BCUT2D eigenvalue weighted by Crippen LogP contribution is -2.56. The van der Waals surface area contributed by atoms with Gasteiger partial charge >= 0.3 is 0 Å². The van der Waals surface area contributed by atoms with Gasteiger partial charge in [-0.15, -0.1) is 0 Å². The summed E-state index contributed by atoms with van der Waals surface area (Å²) in [5.41, 5.74) is 1.63. The number of fused-ring (bicyclic) bond motifs is 2. The van der Waals surface area contributed by atoms with E-state index in [9.17, 15) is 19.7 Å².